The number of hydrogen-bond donors (Lipinski definition) is 1. The van der Waals surface area contributed by atoms with Gasteiger partial charge in [-0.15, -0.1) is 6.58 Å². The second-order valence-corrected chi connectivity index (χ2v) is 7.17. The van der Waals surface area contributed by atoms with Crippen LogP contribution in [0, 0.1) is 10.1 Å². The Morgan fingerprint density at radius 2 is 1.92 bits per heavy atom. The van der Waals surface area contributed by atoms with Gasteiger partial charge in [-0.2, -0.15) is 0 Å². The molecule has 2 aromatic rings. The van der Waals surface area contributed by atoms with Gasteiger partial charge in [-0.3, -0.25) is 19.2 Å². The van der Waals surface area contributed by atoms with Crippen LogP contribution in [0.1, 0.15) is 6.92 Å². The van der Waals surface area contributed by atoms with Crippen molar-refractivity contribution in [2.45, 2.75) is 11.8 Å². The lowest BCUT2D eigenvalue weighted by atomic mass is 10.3. The van der Waals surface area contributed by atoms with Crippen LogP contribution in [-0.4, -0.2) is 25.8 Å². The molecule has 8 nitrogen and oxygen atoms in total. The zero-order valence-electron chi connectivity index (χ0n) is 14.0. The summed E-state index contributed by atoms with van der Waals surface area (Å²) in [6.07, 6.45) is 1.39. The van der Waals surface area contributed by atoms with Crippen LogP contribution in [0.2, 0.25) is 0 Å². The Bertz CT molecular complexity index is 939. The summed E-state index contributed by atoms with van der Waals surface area (Å²) in [5.41, 5.74) is 0.403. The van der Waals surface area contributed by atoms with Crippen molar-refractivity contribution in [3.05, 3.63) is 71.3 Å². The molecule has 1 N–H and O–H groups in total. The Balaban J connectivity index is 2.44. The Morgan fingerprint density at radius 1 is 1.27 bits per heavy atom. The van der Waals surface area contributed by atoms with Gasteiger partial charge in [-0.1, -0.05) is 12.1 Å². The van der Waals surface area contributed by atoms with Crippen LogP contribution in [0.25, 0.3) is 0 Å². The number of non-ortho nitro benzene ring substituents is 1. The molecule has 9 heteroatoms. The first kappa shape index (κ1) is 19.1. The monoisotopic (exact) mass is 375 g/mol. The van der Waals surface area contributed by atoms with E-state index in [1.807, 2.05) is 0 Å². The smallest absolute Gasteiger partial charge is 0.271 e. The number of rotatable bonds is 7. The maximum absolute atomic E-state index is 13.0. The molecular formula is C17H17N3O5S. The number of carbonyl (C=O) groups excluding carboxylic acids is 1. The van der Waals surface area contributed by atoms with Gasteiger partial charge in [0.2, 0.25) is 5.91 Å². The zero-order valence-corrected chi connectivity index (χ0v) is 14.8. The Kier molecular flexibility index (Phi) is 5.73. The maximum Gasteiger partial charge on any atom is 0.271 e. The second-order valence-electron chi connectivity index (χ2n) is 5.31. The lowest BCUT2D eigenvalue weighted by Gasteiger charge is -2.23. The molecule has 0 aliphatic heterocycles. The van der Waals surface area contributed by atoms with E-state index in [1.165, 1.54) is 61.5 Å². The van der Waals surface area contributed by atoms with Crippen molar-refractivity contribution in [2.75, 3.05) is 16.2 Å². The molecule has 0 bridgehead atoms. The summed E-state index contributed by atoms with van der Waals surface area (Å²) < 4.78 is 26.9. The molecule has 0 spiro atoms. The van der Waals surface area contributed by atoms with Crippen LogP contribution in [0.15, 0.2) is 66.1 Å². The van der Waals surface area contributed by atoms with Gasteiger partial charge in [0.25, 0.3) is 15.7 Å². The van der Waals surface area contributed by atoms with Gasteiger partial charge in [0.1, 0.15) is 0 Å². The third-order valence-electron chi connectivity index (χ3n) is 3.39. The number of sulfonamides is 1. The highest BCUT2D eigenvalue weighted by Gasteiger charge is 2.25. The average molecular weight is 375 g/mol. The first-order valence-electron chi connectivity index (χ1n) is 7.51. The normalized spacial score (nSPS) is 10.8. The van der Waals surface area contributed by atoms with Gasteiger partial charge < -0.3 is 5.32 Å². The lowest BCUT2D eigenvalue weighted by molar-refractivity contribution is -0.384. The number of anilines is 2. The van der Waals surface area contributed by atoms with E-state index in [0.717, 1.165) is 4.31 Å². The highest BCUT2D eigenvalue weighted by atomic mass is 32.2. The molecule has 0 aliphatic carbocycles. The molecule has 0 saturated heterocycles. The predicted molar refractivity (Wildman–Crippen MR) is 98.6 cm³/mol. The van der Waals surface area contributed by atoms with E-state index in [0.29, 0.717) is 5.69 Å². The Labute approximate surface area is 151 Å². The van der Waals surface area contributed by atoms with Gasteiger partial charge in [0.15, 0.2) is 0 Å². The third kappa shape index (κ3) is 4.25. The summed E-state index contributed by atoms with van der Waals surface area (Å²) in [4.78, 5) is 21.4. The van der Waals surface area contributed by atoms with Crippen LogP contribution >= 0.6 is 0 Å². The van der Waals surface area contributed by atoms with Crippen LogP contribution < -0.4 is 9.62 Å². The molecule has 26 heavy (non-hydrogen) atoms. The van der Waals surface area contributed by atoms with E-state index in [4.69, 9.17) is 0 Å². The van der Waals surface area contributed by atoms with Gasteiger partial charge in [-0.25, -0.2) is 8.42 Å². The van der Waals surface area contributed by atoms with Crippen molar-refractivity contribution in [3.63, 3.8) is 0 Å². The molecule has 0 fully saturated rings. The van der Waals surface area contributed by atoms with Crippen LogP contribution in [0.4, 0.5) is 17.1 Å². The van der Waals surface area contributed by atoms with E-state index in [1.54, 1.807) is 0 Å². The first-order valence-corrected chi connectivity index (χ1v) is 8.95. The number of nitrogens with zero attached hydrogens (tertiary/aromatic N) is 2. The number of hydrogen-bond acceptors (Lipinski definition) is 5. The summed E-state index contributed by atoms with van der Waals surface area (Å²) in [6.45, 7) is 4.84. The van der Waals surface area contributed by atoms with Crippen LogP contribution in [0.5, 0.6) is 0 Å². The second kappa shape index (κ2) is 7.79. The van der Waals surface area contributed by atoms with Gasteiger partial charge in [0, 0.05) is 24.7 Å². The van der Waals surface area contributed by atoms with E-state index >= 15 is 0 Å². The fourth-order valence-electron chi connectivity index (χ4n) is 2.26. The summed E-state index contributed by atoms with van der Waals surface area (Å²) in [5.74, 6) is -0.273. The molecule has 136 valence electrons. The molecule has 0 unspecified atom stereocenters. The molecule has 0 atom stereocenters. The zero-order chi connectivity index (χ0) is 19.3. The minimum atomic E-state index is -3.98. The maximum atomic E-state index is 13.0. The highest BCUT2D eigenvalue weighted by molar-refractivity contribution is 7.92. The topological polar surface area (TPSA) is 110 Å². The molecule has 0 radical (unpaired) electrons. The summed E-state index contributed by atoms with van der Waals surface area (Å²) in [6, 6.07) is 11.0. The quantitative estimate of drug-likeness (QED) is 0.454. The fourth-order valence-corrected chi connectivity index (χ4v) is 3.69. The Morgan fingerprint density at radius 3 is 2.46 bits per heavy atom. The molecular weight excluding hydrogens is 358 g/mol. The molecule has 1 amide bonds. The first-order chi connectivity index (χ1) is 12.3. The van der Waals surface area contributed by atoms with Crippen molar-refractivity contribution in [1.82, 2.24) is 0 Å². The van der Waals surface area contributed by atoms with E-state index in [9.17, 15) is 23.3 Å². The van der Waals surface area contributed by atoms with Crippen molar-refractivity contribution >= 4 is 33.0 Å². The predicted octanol–water partition coefficient (Wildman–Crippen LogP) is 2.93. The number of benzene rings is 2. The summed E-state index contributed by atoms with van der Waals surface area (Å²) >= 11 is 0. The van der Waals surface area contributed by atoms with E-state index in [2.05, 4.69) is 11.9 Å². The van der Waals surface area contributed by atoms with Gasteiger partial charge >= 0.3 is 0 Å². The summed E-state index contributed by atoms with van der Waals surface area (Å²) in [7, 11) is -3.98. The standard InChI is InChI=1S/C17H17N3O5S/c1-3-11-19(15-5-4-6-16(12-15)20(22)23)26(24,25)17-9-7-14(8-10-17)18-13(2)21/h3-10,12H,1,11H2,2H3,(H,18,21). The van der Waals surface area contributed by atoms with E-state index in [-0.39, 0.29) is 28.7 Å². The van der Waals surface area contributed by atoms with Crippen LogP contribution in [-0.2, 0) is 14.8 Å². The molecule has 0 heterocycles. The molecule has 0 saturated carbocycles. The largest absolute Gasteiger partial charge is 0.326 e. The van der Waals surface area contributed by atoms with Gasteiger partial charge in [-0.05, 0) is 30.3 Å². The van der Waals surface area contributed by atoms with Crippen molar-refractivity contribution in [1.29, 1.82) is 0 Å². The molecule has 2 rings (SSSR count). The fraction of sp³-hybridized carbons (Fsp3) is 0.118. The molecule has 2 aromatic carbocycles. The average Bonchev–Trinajstić information content (AvgIpc) is 2.59. The SMILES string of the molecule is C=CCN(c1cccc([N+](=O)[O-])c1)S(=O)(=O)c1ccc(NC(C)=O)cc1. The molecule has 0 aromatic heterocycles. The minimum Gasteiger partial charge on any atom is -0.326 e. The number of nitro benzene ring substituents is 1. The number of nitrogens with one attached hydrogen (secondary N) is 1. The molecule has 0 aliphatic rings. The highest BCUT2D eigenvalue weighted by Crippen LogP contribution is 2.27. The lowest BCUT2D eigenvalue weighted by Crippen LogP contribution is -2.31. The Hall–Kier alpha value is -3.20. The minimum absolute atomic E-state index is 0.0139. The number of nitro groups is 1. The third-order valence-corrected chi connectivity index (χ3v) is 5.19. The van der Waals surface area contributed by atoms with Crippen LogP contribution in [0.3, 0.4) is 0 Å². The number of amides is 1. The summed E-state index contributed by atoms with van der Waals surface area (Å²) in [5, 5.41) is 13.5. The van der Waals surface area contributed by atoms with Gasteiger partial charge in [0.05, 0.1) is 22.1 Å². The van der Waals surface area contributed by atoms with E-state index < -0.39 is 14.9 Å². The van der Waals surface area contributed by atoms with Crippen molar-refractivity contribution < 1.29 is 18.1 Å². The van der Waals surface area contributed by atoms with Crippen molar-refractivity contribution in [2.24, 2.45) is 0 Å². The number of carbonyl (C=O) groups is 1. The van der Waals surface area contributed by atoms with Crippen molar-refractivity contribution in [3.8, 4) is 0 Å².